The number of rotatable bonds is 8. The fraction of sp³-hybridized carbons (Fsp3) is 0.500. The molecule has 0 atom stereocenters. The van der Waals surface area contributed by atoms with E-state index in [1.165, 1.54) is 32.1 Å². The molecule has 0 saturated heterocycles. The molecule has 8 heteroatoms. The summed E-state index contributed by atoms with van der Waals surface area (Å²) in [6, 6.07) is 12.0. The van der Waals surface area contributed by atoms with Crippen molar-refractivity contribution in [1.82, 2.24) is 0 Å². The molecule has 0 heterocycles. The van der Waals surface area contributed by atoms with Crippen LogP contribution in [0, 0.1) is 25.7 Å². The van der Waals surface area contributed by atoms with E-state index < -0.39 is 0 Å². The average Bonchev–Trinajstić information content (AvgIpc) is 2.95. The van der Waals surface area contributed by atoms with Crippen molar-refractivity contribution in [3.63, 3.8) is 0 Å². The van der Waals surface area contributed by atoms with Crippen LogP contribution in [0.1, 0.15) is 80.0 Å². The fourth-order valence-corrected chi connectivity index (χ4v) is 5.88. The van der Waals surface area contributed by atoms with Crippen molar-refractivity contribution < 1.29 is 19.2 Å². The Morgan fingerprint density at radius 3 is 1.32 bits per heavy atom. The molecule has 2 aliphatic carbocycles. The van der Waals surface area contributed by atoms with Crippen LogP contribution in [0.5, 0.6) is 0 Å². The summed E-state index contributed by atoms with van der Waals surface area (Å²) >= 11 is 0. The molecule has 208 valence electrons. The van der Waals surface area contributed by atoms with Gasteiger partial charge in [0, 0.05) is 0 Å². The number of benzene rings is 2. The smallest absolute Gasteiger partial charge is 0.211 e. The summed E-state index contributed by atoms with van der Waals surface area (Å²) in [7, 11) is 0. The maximum Gasteiger partial charge on any atom is 0.240 e. The van der Waals surface area contributed by atoms with Gasteiger partial charge in [-0.1, -0.05) is 24.3 Å². The van der Waals surface area contributed by atoms with Crippen molar-refractivity contribution in [3.05, 3.63) is 58.7 Å². The third kappa shape index (κ3) is 9.61. The quantitative estimate of drug-likeness (QED) is 0.265. The zero-order valence-electron chi connectivity index (χ0n) is 23.3. The van der Waals surface area contributed by atoms with Gasteiger partial charge in [-0.3, -0.25) is 0 Å². The van der Waals surface area contributed by atoms with E-state index in [9.17, 15) is 19.2 Å². The molecule has 0 bridgehead atoms. The van der Waals surface area contributed by atoms with Gasteiger partial charge in [0.1, 0.15) is 0 Å². The molecule has 2 aromatic carbocycles. The standard InChI is InChI=1S/C17H14N2O2.C15H22N2O2/c1-12-7-14(3-5-16(12)18-10-20)9-15-4-6-17(19-11-21)13(2)8-15;18-10-16-14-5-1-12(2-6-14)9-13-3-7-15(8-4-13)17-11-19/h3-8H,9H2,1-2H3;12-15H,1-9H2. The van der Waals surface area contributed by atoms with Crippen LogP contribution < -0.4 is 0 Å². The largest absolute Gasteiger partial charge is 0.240 e. The van der Waals surface area contributed by atoms with E-state index >= 15 is 0 Å². The number of nitrogens with zero attached hydrogens (tertiary/aromatic N) is 4. The summed E-state index contributed by atoms with van der Waals surface area (Å²) in [6.07, 6.45) is 17.5. The second kappa shape index (κ2) is 16.2. The molecule has 2 aromatic rings. The summed E-state index contributed by atoms with van der Waals surface area (Å²) in [5.74, 6) is 1.60. The van der Waals surface area contributed by atoms with Crippen LogP contribution in [0.25, 0.3) is 0 Å². The minimum atomic E-state index is 0.228. The van der Waals surface area contributed by atoms with Crippen LogP contribution in [-0.4, -0.2) is 36.4 Å². The lowest BCUT2D eigenvalue weighted by atomic mass is 9.76. The van der Waals surface area contributed by atoms with Gasteiger partial charge in [-0.05, 0) is 124 Å². The Balaban J connectivity index is 0.000000222. The second-order valence-electron chi connectivity index (χ2n) is 10.9. The minimum absolute atomic E-state index is 0.228. The Morgan fingerprint density at radius 2 is 1.00 bits per heavy atom. The van der Waals surface area contributed by atoms with Crippen LogP contribution >= 0.6 is 0 Å². The Morgan fingerprint density at radius 1 is 0.600 bits per heavy atom. The van der Waals surface area contributed by atoms with E-state index in [0.717, 1.165) is 66.2 Å². The molecule has 0 aromatic heterocycles. The number of hydrogen-bond acceptors (Lipinski definition) is 8. The van der Waals surface area contributed by atoms with Crippen LogP contribution in [-0.2, 0) is 25.6 Å². The number of isocyanates is 4. The van der Waals surface area contributed by atoms with Gasteiger partial charge in [0.25, 0.3) is 0 Å². The van der Waals surface area contributed by atoms with Gasteiger partial charge < -0.3 is 0 Å². The predicted molar refractivity (Wildman–Crippen MR) is 153 cm³/mol. The number of aliphatic imine (C=N–C) groups is 4. The first-order chi connectivity index (χ1) is 19.4. The highest BCUT2D eigenvalue weighted by atomic mass is 16.1. The lowest BCUT2D eigenvalue weighted by Crippen LogP contribution is -2.23. The maximum absolute atomic E-state index is 10.3. The fourth-order valence-electron chi connectivity index (χ4n) is 5.88. The van der Waals surface area contributed by atoms with Gasteiger partial charge in [-0.2, -0.15) is 9.98 Å². The Hall–Kier alpha value is -4.04. The van der Waals surface area contributed by atoms with Gasteiger partial charge in [0.2, 0.25) is 24.3 Å². The highest BCUT2D eigenvalue weighted by Crippen LogP contribution is 2.36. The maximum atomic E-state index is 10.3. The molecular weight excluding hydrogens is 504 g/mol. The van der Waals surface area contributed by atoms with E-state index in [1.54, 1.807) is 24.3 Å². The van der Waals surface area contributed by atoms with Crippen molar-refractivity contribution in [1.29, 1.82) is 0 Å². The van der Waals surface area contributed by atoms with E-state index in [2.05, 4.69) is 20.0 Å². The van der Waals surface area contributed by atoms with Crippen LogP contribution in [0.2, 0.25) is 0 Å². The Labute approximate surface area is 235 Å². The minimum Gasteiger partial charge on any atom is -0.211 e. The number of carbonyl (C=O) groups excluding carboxylic acids is 4. The highest BCUT2D eigenvalue weighted by Gasteiger charge is 2.26. The zero-order valence-corrected chi connectivity index (χ0v) is 23.3. The van der Waals surface area contributed by atoms with Crippen LogP contribution in [0.3, 0.4) is 0 Å². The molecule has 4 rings (SSSR count). The van der Waals surface area contributed by atoms with E-state index in [1.807, 2.05) is 50.2 Å². The van der Waals surface area contributed by atoms with Crippen molar-refractivity contribution in [2.75, 3.05) is 0 Å². The van der Waals surface area contributed by atoms with E-state index in [0.29, 0.717) is 11.4 Å². The summed E-state index contributed by atoms with van der Waals surface area (Å²) in [6.45, 7) is 3.82. The topological polar surface area (TPSA) is 118 Å². The van der Waals surface area contributed by atoms with E-state index in [-0.39, 0.29) is 12.1 Å². The van der Waals surface area contributed by atoms with Crippen LogP contribution in [0.15, 0.2) is 56.4 Å². The van der Waals surface area contributed by atoms with Gasteiger partial charge >= 0.3 is 0 Å². The summed E-state index contributed by atoms with van der Waals surface area (Å²) in [5, 5.41) is 0. The molecule has 8 nitrogen and oxygen atoms in total. The van der Waals surface area contributed by atoms with Crippen molar-refractivity contribution in [2.45, 2.75) is 90.1 Å². The molecule has 2 saturated carbocycles. The van der Waals surface area contributed by atoms with Crippen molar-refractivity contribution in [3.8, 4) is 0 Å². The third-order valence-electron chi connectivity index (χ3n) is 8.03. The van der Waals surface area contributed by atoms with E-state index in [4.69, 9.17) is 0 Å². The molecular formula is C32H36N4O4. The molecule has 0 radical (unpaired) electrons. The molecule has 2 aliphatic rings. The van der Waals surface area contributed by atoms with Gasteiger partial charge in [-0.15, -0.1) is 0 Å². The van der Waals surface area contributed by atoms with Gasteiger partial charge in [0.05, 0.1) is 23.5 Å². The molecule has 0 unspecified atom stereocenters. The average molecular weight is 541 g/mol. The monoisotopic (exact) mass is 540 g/mol. The van der Waals surface area contributed by atoms with Crippen molar-refractivity contribution >= 4 is 35.7 Å². The molecule has 0 amide bonds. The first kappa shape index (κ1) is 30.5. The molecule has 0 N–H and O–H groups in total. The Bertz CT molecular complexity index is 1230. The third-order valence-corrected chi connectivity index (χ3v) is 8.03. The normalized spacial score (nSPS) is 21.6. The predicted octanol–water partition coefficient (Wildman–Crippen LogP) is 6.99. The number of hydrogen-bond donors (Lipinski definition) is 0. The lowest BCUT2D eigenvalue weighted by molar-refractivity contribution is 0.226. The summed E-state index contributed by atoms with van der Waals surface area (Å²) in [5.41, 5.74) is 5.41. The van der Waals surface area contributed by atoms with Crippen LogP contribution in [0.4, 0.5) is 11.4 Å². The summed E-state index contributed by atoms with van der Waals surface area (Å²) in [4.78, 5) is 56.0. The summed E-state index contributed by atoms with van der Waals surface area (Å²) < 4.78 is 0. The molecule has 2 fully saturated rings. The Kier molecular flexibility index (Phi) is 12.3. The lowest BCUT2D eigenvalue weighted by Gasteiger charge is -2.31. The SMILES string of the molecule is Cc1cc(Cc2ccc(N=C=O)c(C)c2)ccc1N=C=O.O=C=NC1CCC(CC2CCC(N=C=O)CC2)CC1. The number of aryl methyl sites for hydroxylation is 2. The molecule has 0 spiro atoms. The van der Waals surface area contributed by atoms with Crippen molar-refractivity contribution in [2.24, 2.45) is 31.8 Å². The molecule has 40 heavy (non-hydrogen) atoms. The van der Waals surface area contributed by atoms with Gasteiger partial charge in [0.15, 0.2) is 0 Å². The highest BCUT2D eigenvalue weighted by molar-refractivity contribution is 5.56. The second-order valence-corrected chi connectivity index (χ2v) is 10.9. The van der Waals surface area contributed by atoms with Gasteiger partial charge in [-0.25, -0.2) is 29.2 Å². The first-order valence-electron chi connectivity index (χ1n) is 13.9. The zero-order chi connectivity index (χ0) is 28.7. The molecule has 0 aliphatic heterocycles. The first-order valence-corrected chi connectivity index (χ1v) is 13.9.